The highest BCUT2D eigenvalue weighted by atomic mass is 32.2. The first kappa shape index (κ1) is 20.1. The number of nitriles is 1. The van der Waals surface area contributed by atoms with Crippen LogP contribution < -0.4 is 5.32 Å². The highest BCUT2D eigenvalue weighted by Crippen LogP contribution is 2.21. The van der Waals surface area contributed by atoms with Gasteiger partial charge in [0.05, 0.1) is 29.3 Å². The van der Waals surface area contributed by atoms with Gasteiger partial charge in [-0.05, 0) is 31.2 Å². The second-order valence-corrected chi connectivity index (χ2v) is 8.43. The van der Waals surface area contributed by atoms with Gasteiger partial charge in [-0.25, -0.2) is 8.42 Å². The number of furan rings is 1. The number of piperazine rings is 1. The minimum Gasteiger partial charge on any atom is -0.467 e. The van der Waals surface area contributed by atoms with E-state index in [9.17, 15) is 18.5 Å². The number of hydrogen-bond acceptors (Lipinski definition) is 6. The van der Waals surface area contributed by atoms with Crippen LogP contribution in [0.1, 0.15) is 18.2 Å². The molecule has 1 aliphatic rings. The molecule has 1 N–H and O–H groups in total. The van der Waals surface area contributed by atoms with E-state index in [1.165, 1.54) is 16.4 Å². The Kier molecular flexibility index (Phi) is 6.14. The van der Waals surface area contributed by atoms with E-state index in [0.29, 0.717) is 25.4 Å². The molecule has 0 aliphatic carbocycles. The van der Waals surface area contributed by atoms with Crippen LogP contribution in [0.3, 0.4) is 0 Å². The van der Waals surface area contributed by atoms with E-state index in [0.717, 1.165) is 0 Å². The van der Waals surface area contributed by atoms with Crippen molar-refractivity contribution in [3.8, 4) is 6.07 Å². The van der Waals surface area contributed by atoms with Crippen LogP contribution in [-0.2, 0) is 21.4 Å². The number of rotatable bonds is 6. The van der Waals surface area contributed by atoms with Gasteiger partial charge >= 0.3 is 0 Å². The predicted octanol–water partition coefficient (Wildman–Crippen LogP) is 1.16. The molecule has 0 spiro atoms. The van der Waals surface area contributed by atoms with Gasteiger partial charge in [0, 0.05) is 26.2 Å². The standard InChI is InChI=1S/C19H22N4O4S/c1-15(19(24)21-14-17-6-4-12-27-17)22-8-10-23(11-9-22)28(25,26)18-7-3-2-5-16(18)13-20/h2-7,12,15H,8-11,14H2,1H3,(H,21,24). The van der Waals surface area contributed by atoms with Gasteiger partial charge in [0.15, 0.2) is 0 Å². The summed E-state index contributed by atoms with van der Waals surface area (Å²) < 4.78 is 32.3. The fourth-order valence-electron chi connectivity index (χ4n) is 3.16. The number of carbonyl (C=O) groups excluding carboxylic acids is 1. The van der Waals surface area contributed by atoms with Crippen molar-refractivity contribution in [1.82, 2.24) is 14.5 Å². The molecule has 1 amide bonds. The molecule has 8 nitrogen and oxygen atoms in total. The van der Waals surface area contributed by atoms with Gasteiger partial charge in [0.25, 0.3) is 0 Å². The quantitative estimate of drug-likeness (QED) is 0.777. The van der Waals surface area contributed by atoms with E-state index in [4.69, 9.17) is 4.42 Å². The fraction of sp³-hybridized carbons (Fsp3) is 0.368. The first-order chi connectivity index (χ1) is 13.4. The van der Waals surface area contributed by atoms with Gasteiger partial charge in [-0.1, -0.05) is 12.1 Å². The average Bonchev–Trinajstić information content (AvgIpc) is 3.25. The van der Waals surface area contributed by atoms with Crippen molar-refractivity contribution in [3.05, 3.63) is 54.0 Å². The Morgan fingerprint density at radius 3 is 2.57 bits per heavy atom. The number of benzene rings is 1. The van der Waals surface area contributed by atoms with Crippen LogP contribution in [0, 0.1) is 11.3 Å². The maximum atomic E-state index is 12.9. The Labute approximate surface area is 164 Å². The third-order valence-electron chi connectivity index (χ3n) is 4.84. The van der Waals surface area contributed by atoms with Crippen molar-refractivity contribution in [2.75, 3.05) is 26.2 Å². The molecule has 1 aromatic carbocycles. The molecule has 3 rings (SSSR count). The molecule has 0 radical (unpaired) electrons. The Bertz CT molecular complexity index is 958. The Morgan fingerprint density at radius 1 is 1.21 bits per heavy atom. The van der Waals surface area contributed by atoms with Crippen LogP contribution in [0.2, 0.25) is 0 Å². The van der Waals surface area contributed by atoms with Crippen LogP contribution in [0.25, 0.3) is 0 Å². The normalized spacial score (nSPS) is 17.0. The number of nitrogens with one attached hydrogen (secondary N) is 1. The lowest BCUT2D eigenvalue weighted by molar-refractivity contribution is -0.126. The van der Waals surface area contributed by atoms with E-state index in [1.807, 2.05) is 11.0 Å². The van der Waals surface area contributed by atoms with Crippen molar-refractivity contribution in [2.24, 2.45) is 0 Å². The molecule has 1 atom stereocenters. The zero-order valence-electron chi connectivity index (χ0n) is 15.5. The predicted molar refractivity (Wildman–Crippen MR) is 102 cm³/mol. The van der Waals surface area contributed by atoms with Crippen molar-refractivity contribution in [1.29, 1.82) is 5.26 Å². The third kappa shape index (κ3) is 4.25. The number of amides is 1. The minimum atomic E-state index is -3.74. The molecule has 1 unspecified atom stereocenters. The van der Waals surface area contributed by atoms with Gasteiger partial charge in [0.2, 0.25) is 15.9 Å². The molecule has 28 heavy (non-hydrogen) atoms. The molecule has 9 heteroatoms. The van der Waals surface area contributed by atoms with E-state index in [1.54, 1.807) is 37.5 Å². The first-order valence-corrected chi connectivity index (χ1v) is 10.4. The molecule has 0 bridgehead atoms. The van der Waals surface area contributed by atoms with Gasteiger partial charge < -0.3 is 9.73 Å². The molecule has 2 heterocycles. The molecule has 1 aliphatic heterocycles. The zero-order valence-corrected chi connectivity index (χ0v) is 16.4. The van der Waals surface area contributed by atoms with Crippen molar-refractivity contribution in [3.63, 3.8) is 0 Å². The summed E-state index contributed by atoms with van der Waals surface area (Å²) in [4.78, 5) is 14.3. The summed E-state index contributed by atoms with van der Waals surface area (Å²) >= 11 is 0. The maximum absolute atomic E-state index is 12.9. The smallest absolute Gasteiger partial charge is 0.244 e. The zero-order chi connectivity index (χ0) is 20.1. The molecule has 1 fully saturated rings. The van der Waals surface area contributed by atoms with Gasteiger partial charge in [-0.15, -0.1) is 0 Å². The summed E-state index contributed by atoms with van der Waals surface area (Å²) in [6.45, 7) is 3.50. The summed E-state index contributed by atoms with van der Waals surface area (Å²) in [5.74, 6) is 0.537. The minimum absolute atomic E-state index is 0.0233. The van der Waals surface area contributed by atoms with Gasteiger partial charge in [-0.2, -0.15) is 9.57 Å². The summed E-state index contributed by atoms with van der Waals surface area (Å²) in [7, 11) is -3.74. The van der Waals surface area contributed by atoms with Crippen molar-refractivity contribution >= 4 is 15.9 Å². The second kappa shape index (κ2) is 8.56. The summed E-state index contributed by atoms with van der Waals surface area (Å²) in [6.07, 6.45) is 1.55. The first-order valence-electron chi connectivity index (χ1n) is 8.97. The monoisotopic (exact) mass is 402 g/mol. The summed E-state index contributed by atoms with van der Waals surface area (Å²) in [5.41, 5.74) is 0.135. The molecule has 148 valence electrons. The SMILES string of the molecule is CC(C(=O)NCc1ccco1)N1CCN(S(=O)(=O)c2ccccc2C#N)CC1. The van der Waals surface area contributed by atoms with Crippen molar-refractivity contribution < 1.29 is 17.6 Å². The third-order valence-corrected chi connectivity index (χ3v) is 6.80. The lowest BCUT2D eigenvalue weighted by atomic mass is 10.2. The van der Waals surface area contributed by atoms with Crippen LogP contribution in [0.4, 0.5) is 0 Å². The Hall–Kier alpha value is -2.67. The van der Waals surface area contributed by atoms with E-state index in [2.05, 4.69) is 5.32 Å². The number of hydrogen-bond donors (Lipinski definition) is 1. The topological polar surface area (TPSA) is 107 Å². The molecular weight excluding hydrogens is 380 g/mol. The van der Waals surface area contributed by atoms with Crippen LogP contribution in [-0.4, -0.2) is 55.8 Å². The molecular formula is C19H22N4O4S. The maximum Gasteiger partial charge on any atom is 0.244 e. The Morgan fingerprint density at radius 2 is 1.93 bits per heavy atom. The lowest BCUT2D eigenvalue weighted by Crippen LogP contribution is -2.54. The van der Waals surface area contributed by atoms with Crippen LogP contribution in [0.5, 0.6) is 0 Å². The summed E-state index contributed by atoms with van der Waals surface area (Å²) in [5, 5.41) is 12.0. The number of nitrogens with zero attached hydrogens (tertiary/aromatic N) is 3. The molecule has 0 saturated carbocycles. The molecule has 1 aromatic heterocycles. The van der Waals surface area contributed by atoms with Gasteiger partial charge in [-0.3, -0.25) is 9.69 Å². The number of sulfonamides is 1. The molecule has 1 saturated heterocycles. The average molecular weight is 402 g/mol. The second-order valence-electron chi connectivity index (χ2n) is 6.52. The highest BCUT2D eigenvalue weighted by molar-refractivity contribution is 7.89. The van der Waals surface area contributed by atoms with Gasteiger partial charge in [0.1, 0.15) is 11.8 Å². The largest absolute Gasteiger partial charge is 0.467 e. The van der Waals surface area contributed by atoms with Crippen LogP contribution >= 0.6 is 0 Å². The van der Waals surface area contributed by atoms with Crippen LogP contribution in [0.15, 0.2) is 52.0 Å². The number of carbonyl (C=O) groups is 1. The van der Waals surface area contributed by atoms with E-state index in [-0.39, 0.29) is 35.5 Å². The Balaban J connectivity index is 1.59. The van der Waals surface area contributed by atoms with E-state index >= 15 is 0 Å². The van der Waals surface area contributed by atoms with E-state index < -0.39 is 10.0 Å². The summed E-state index contributed by atoms with van der Waals surface area (Å²) in [6, 6.07) is 11.3. The highest BCUT2D eigenvalue weighted by Gasteiger charge is 2.32. The lowest BCUT2D eigenvalue weighted by Gasteiger charge is -2.36. The molecule has 2 aromatic rings. The fourth-order valence-corrected chi connectivity index (χ4v) is 4.72. The van der Waals surface area contributed by atoms with Crippen molar-refractivity contribution in [2.45, 2.75) is 24.4 Å².